The molecule has 31 heavy (non-hydrogen) atoms. The number of nitrogens with one attached hydrogen (secondary N) is 3. The maximum absolute atomic E-state index is 14.0. The maximum Gasteiger partial charge on any atom is 0.256 e. The lowest BCUT2D eigenvalue weighted by atomic mass is 10.2. The SMILES string of the molecule is CNc1cc(Nc2cccc(-c3cn(C)nc3F)n2)nc2c(C(=O)NC3CC3)cnn12. The molecule has 5 rings (SSSR count). The van der Waals surface area contributed by atoms with Crippen molar-refractivity contribution in [2.24, 2.45) is 7.05 Å². The second kappa shape index (κ2) is 7.35. The Balaban J connectivity index is 1.49. The molecule has 0 aromatic carbocycles. The van der Waals surface area contributed by atoms with E-state index in [1.54, 1.807) is 49.1 Å². The van der Waals surface area contributed by atoms with Crippen LogP contribution in [0, 0.1) is 5.95 Å². The second-order valence-corrected chi connectivity index (χ2v) is 7.36. The van der Waals surface area contributed by atoms with Crippen LogP contribution in [0.4, 0.5) is 21.8 Å². The molecule has 4 aromatic heterocycles. The van der Waals surface area contributed by atoms with Gasteiger partial charge in [0.05, 0.1) is 17.5 Å². The third kappa shape index (κ3) is 3.65. The molecule has 0 unspecified atom stereocenters. The Morgan fingerprint density at radius 1 is 1.23 bits per heavy atom. The van der Waals surface area contributed by atoms with Crippen LogP contribution < -0.4 is 16.0 Å². The van der Waals surface area contributed by atoms with Crippen molar-refractivity contribution in [3.05, 3.63) is 48.2 Å². The first-order valence-corrected chi connectivity index (χ1v) is 9.83. The number of fused-ring (bicyclic) bond motifs is 1. The number of carbonyl (C=O) groups is 1. The fourth-order valence-electron chi connectivity index (χ4n) is 3.27. The van der Waals surface area contributed by atoms with Gasteiger partial charge in [-0.3, -0.25) is 9.48 Å². The summed E-state index contributed by atoms with van der Waals surface area (Å²) in [5.41, 5.74) is 1.56. The van der Waals surface area contributed by atoms with Crippen molar-refractivity contribution >= 4 is 29.0 Å². The molecule has 1 fully saturated rings. The van der Waals surface area contributed by atoms with Crippen LogP contribution in [-0.2, 0) is 7.05 Å². The van der Waals surface area contributed by atoms with Gasteiger partial charge >= 0.3 is 0 Å². The lowest BCUT2D eigenvalue weighted by Gasteiger charge is -2.10. The van der Waals surface area contributed by atoms with E-state index in [1.807, 2.05) is 0 Å². The zero-order chi connectivity index (χ0) is 21.5. The van der Waals surface area contributed by atoms with E-state index in [0.29, 0.717) is 39.9 Å². The maximum atomic E-state index is 14.0. The molecule has 11 heteroatoms. The quantitative estimate of drug-likeness (QED) is 0.438. The van der Waals surface area contributed by atoms with Crippen molar-refractivity contribution < 1.29 is 9.18 Å². The van der Waals surface area contributed by atoms with E-state index < -0.39 is 5.95 Å². The van der Waals surface area contributed by atoms with Gasteiger partial charge in [-0.15, -0.1) is 5.10 Å². The van der Waals surface area contributed by atoms with Gasteiger partial charge in [-0.2, -0.15) is 14.0 Å². The zero-order valence-corrected chi connectivity index (χ0v) is 16.9. The predicted molar refractivity (Wildman–Crippen MR) is 113 cm³/mol. The summed E-state index contributed by atoms with van der Waals surface area (Å²) >= 11 is 0. The Labute approximate surface area is 176 Å². The smallest absolute Gasteiger partial charge is 0.256 e. The van der Waals surface area contributed by atoms with Crippen LogP contribution in [0.25, 0.3) is 16.9 Å². The van der Waals surface area contributed by atoms with Crippen molar-refractivity contribution in [1.29, 1.82) is 0 Å². The fraction of sp³-hybridized carbons (Fsp3) is 0.250. The largest absolute Gasteiger partial charge is 0.373 e. The van der Waals surface area contributed by atoms with E-state index in [0.717, 1.165) is 12.8 Å². The Morgan fingerprint density at radius 2 is 2.06 bits per heavy atom. The number of halogens is 1. The second-order valence-electron chi connectivity index (χ2n) is 7.36. The van der Waals surface area contributed by atoms with Gasteiger partial charge in [0.15, 0.2) is 5.65 Å². The molecular weight excluding hydrogens is 401 g/mol. The Bertz CT molecular complexity index is 1290. The average Bonchev–Trinajstić information content (AvgIpc) is 3.35. The molecule has 1 aliphatic carbocycles. The summed E-state index contributed by atoms with van der Waals surface area (Å²) in [6.45, 7) is 0. The van der Waals surface area contributed by atoms with Crippen LogP contribution in [0.5, 0.6) is 0 Å². The van der Waals surface area contributed by atoms with Crippen molar-refractivity contribution in [2.75, 3.05) is 17.7 Å². The molecule has 1 amide bonds. The minimum Gasteiger partial charge on any atom is -0.373 e. The number of anilines is 3. The Kier molecular flexibility index (Phi) is 4.50. The molecule has 1 saturated carbocycles. The molecule has 0 radical (unpaired) electrons. The number of hydrogen-bond donors (Lipinski definition) is 3. The summed E-state index contributed by atoms with van der Waals surface area (Å²) in [5.74, 6) is 0.802. The van der Waals surface area contributed by atoms with E-state index in [2.05, 4.69) is 36.1 Å². The number of nitrogens with zero attached hydrogens (tertiary/aromatic N) is 6. The first-order chi connectivity index (χ1) is 15.0. The molecule has 0 saturated heterocycles. The normalized spacial score (nSPS) is 13.4. The summed E-state index contributed by atoms with van der Waals surface area (Å²) in [4.78, 5) is 21.6. The van der Waals surface area contributed by atoms with Gasteiger partial charge in [0.1, 0.15) is 23.0 Å². The van der Waals surface area contributed by atoms with Crippen LogP contribution in [0.2, 0.25) is 0 Å². The summed E-state index contributed by atoms with van der Waals surface area (Å²) in [6, 6.07) is 7.20. The third-order valence-electron chi connectivity index (χ3n) is 4.95. The number of carbonyl (C=O) groups excluding carboxylic acids is 1. The van der Waals surface area contributed by atoms with Crippen molar-refractivity contribution in [2.45, 2.75) is 18.9 Å². The van der Waals surface area contributed by atoms with Gasteiger partial charge in [0, 0.05) is 32.4 Å². The summed E-state index contributed by atoms with van der Waals surface area (Å²) in [7, 11) is 3.41. The van der Waals surface area contributed by atoms with Crippen molar-refractivity contribution in [1.82, 2.24) is 34.7 Å². The number of aryl methyl sites for hydroxylation is 1. The van der Waals surface area contributed by atoms with Gasteiger partial charge in [-0.05, 0) is 25.0 Å². The molecule has 4 heterocycles. The minimum absolute atomic E-state index is 0.198. The minimum atomic E-state index is -0.588. The summed E-state index contributed by atoms with van der Waals surface area (Å²) in [5, 5.41) is 17.2. The van der Waals surface area contributed by atoms with Crippen LogP contribution in [0.15, 0.2) is 36.7 Å². The standard InChI is InChI=1S/C20H20FN9O/c1-22-17-8-16(27-19-12(9-23-30(17)19)20(31)24-11-6-7-11)26-15-5-3-4-14(25-15)13-10-29(2)28-18(13)21/h3-5,8-11,22H,6-7H2,1-2H3,(H,24,31)(H,25,26,27). The van der Waals surface area contributed by atoms with Crippen LogP contribution in [0.1, 0.15) is 23.2 Å². The molecule has 4 aromatic rings. The topological polar surface area (TPSA) is 114 Å². The van der Waals surface area contributed by atoms with E-state index in [4.69, 9.17) is 0 Å². The highest BCUT2D eigenvalue weighted by atomic mass is 19.1. The third-order valence-corrected chi connectivity index (χ3v) is 4.95. The van der Waals surface area contributed by atoms with Gasteiger partial charge < -0.3 is 16.0 Å². The highest BCUT2D eigenvalue weighted by Gasteiger charge is 2.26. The average molecular weight is 421 g/mol. The molecule has 0 bridgehead atoms. The van der Waals surface area contributed by atoms with E-state index >= 15 is 0 Å². The number of aromatic nitrogens is 6. The zero-order valence-electron chi connectivity index (χ0n) is 16.9. The number of pyridine rings is 1. The molecule has 0 aliphatic heterocycles. The van der Waals surface area contributed by atoms with E-state index in [9.17, 15) is 9.18 Å². The number of hydrogen-bond acceptors (Lipinski definition) is 7. The Morgan fingerprint density at radius 3 is 2.77 bits per heavy atom. The molecule has 3 N–H and O–H groups in total. The Hall–Kier alpha value is -4.02. The summed E-state index contributed by atoms with van der Waals surface area (Å²) < 4.78 is 17.0. The molecule has 158 valence electrons. The van der Waals surface area contributed by atoms with Gasteiger partial charge in [0.2, 0.25) is 5.95 Å². The van der Waals surface area contributed by atoms with Crippen LogP contribution >= 0.6 is 0 Å². The molecule has 10 nitrogen and oxygen atoms in total. The highest BCUT2D eigenvalue weighted by Crippen LogP contribution is 2.25. The first kappa shape index (κ1) is 19.0. The monoisotopic (exact) mass is 421 g/mol. The number of amides is 1. The van der Waals surface area contributed by atoms with Gasteiger partial charge in [-0.25, -0.2) is 9.97 Å². The van der Waals surface area contributed by atoms with E-state index in [-0.39, 0.29) is 11.9 Å². The van der Waals surface area contributed by atoms with Gasteiger partial charge in [0.25, 0.3) is 5.91 Å². The molecule has 0 spiro atoms. The molecule has 0 atom stereocenters. The number of rotatable bonds is 6. The van der Waals surface area contributed by atoms with Crippen molar-refractivity contribution in [3.63, 3.8) is 0 Å². The predicted octanol–water partition coefficient (Wildman–Crippen LogP) is 2.34. The van der Waals surface area contributed by atoms with Gasteiger partial charge in [-0.1, -0.05) is 6.07 Å². The summed E-state index contributed by atoms with van der Waals surface area (Å²) in [6.07, 6.45) is 5.07. The van der Waals surface area contributed by atoms with Crippen molar-refractivity contribution in [3.8, 4) is 11.3 Å². The first-order valence-electron chi connectivity index (χ1n) is 9.83. The van der Waals surface area contributed by atoms with Crippen LogP contribution in [-0.4, -0.2) is 48.4 Å². The van der Waals surface area contributed by atoms with Crippen LogP contribution in [0.3, 0.4) is 0 Å². The molecule has 1 aliphatic rings. The highest BCUT2D eigenvalue weighted by molar-refractivity contribution is 6.00. The fourth-order valence-corrected chi connectivity index (χ4v) is 3.27. The lowest BCUT2D eigenvalue weighted by molar-refractivity contribution is 0.0952. The lowest BCUT2D eigenvalue weighted by Crippen LogP contribution is -2.25. The molecular formula is C20H20FN9O. The van der Waals surface area contributed by atoms with E-state index in [1.165, 1.54) is 10.9 Å².